The molecule has 0 aromatic rings. The highest BCUT2D eigenvalue weighted by Gasteiger charge is 2.39. The van der Waals surface area contributed by atoms with Crippen molar-refractivity contribution in [2.75, 3.05) is 6.54 Å². The summed E-state index contributed by atoms with van der Waals surface area (Å²) < 4.78 is 4.75. The van der Waals surface area contributed by atoms with Crippen molar-refractivity contribution in [2.45, 2.75) is 31.4 Å². The van der Waals surface area contributed by atoms with E-state index in [1.165, 1.54) is 0 Å². The third-order valence-corrected chi connectivity index (χ3v) is 2.37. The maximum Gasteiger partial charge on any atom is 0.410 e. The van der Waals surface area contributed by atoms with Crippen LogP contribution < -0.4 is 0 Å². The minimum absolute atomic E-state index is 0.308. The van der Waals surface area contributed by atoms with Crippen LogP contribution in [0, 0.1) is 0 Å². The van der Waals surface area contributed by atoms with Gasteiger partial charge < -0.3 is 14.7 Å². The highest BCUT2D eigenvalue weighted by molar-refractivity contribution is 5.78. The second-order valence-corrected chi connectivity index (χ2v) is 3.42. The summed E-state index contributed by atoms with van der Waals surface area (Å²) in [5.74, 6) is -1.05. The van der Waals surface area contributed by atoms with Crippen LogP contribution in [0.2, 0.25) is 0 Å². The molecule has 5 heteroatoms. The molecular weight excluding hydrogens is 174 g/mol. The first-order valence-corrected chi connectivity index (χ1v) is 4.38. The van der Waals surface area contributed by atoms with Gasteiger partial charge in [-0.25, -0.2) is 9.59 Å². The van der Waals surface area contributed by atoms with Gasteiger partial charge in [-0.2, -0.15) is 0 Å². The Morgan fingerprint density at radius 1 is 1.46 bits per heavy atom. The second kappa shape index (κ2) is 2.90. The van der Waals surface area contributed by atoms with Crippen LogP contribution in [-0.2, 0) is 9.53 Å². The summed E-state index contributed by atoms with van der Waals surface area (Å²) in [7, 11) is 0. The molecule has 0 bridgehead atoms. The maximum atomic E-state index is 11.2. The smallest absolute Gasteiger partial charge is 0.410 e. The lowest BCUT2D eigenvalue weighted by Crippen LogP contribution is -2.45. The molecule has 2 aliphatic rings. The number of amides is 1. The lowest BCUT2D eigenvalue weighted by molar-refractivity contribution is -0.149. The summed E-state index contributed by atoms with van der Waals surface area (Å²) >= 11 is 0. The van der Waals surface area contributed by atoms with Crippen LogP contribution in [0.15, 0.2) is 0 Å². The van der Waals surface area contributed by atoms with E-state index in [4.69, 9.17) is 9.84 Å². The van der Waals surface area contributed by atoms with E-state index in [1.54, 1.807) is 4.90 Å². The second-order valence-electron chi connectivity index (χ2n) is 3.42. The number of cyclic esters (lactones) is 1. The van der Waals surface area contributed by atoms with E-state index < -0.39 is 18.2 Å². The summed E-state index contributed by atoms with van der Waals surface area (Å²) in [5.41, 5.74) is 0. The first-order valence-electron chi connectivity index (χ1n) is 4.38. The number of carboxylic acids is 1. The van der Waals surface area contributed by atoms with Gasteiger partial charge >= 0.3 is 12.1 Å². The zero-order valence-electron chi connectivity index (χ0n) is 7.10. The summed E-state index contributed by atoms with van der Waals surface area (Å²) in [6.07, 6.45) is 1.03. The predicted molar refractivity (Wildman–Crippen MR) is 42.2 cm³/mol. The Bertz CT molecular complexity index is 249. The Labute approximate surface area is 75.3 Å². The number of carbonyl (C=O) groups is 2. The Balaban J connectivity index is 1.95. The van der Waals surface area contributed by atoms with Crippen LogP contribution in [0.5, 0.6) is 0 Å². The molecule has 1 saturated heterocycles. The minimum atomic E-state index is -1.05. The largest absolute Gasteiger partial charge is 0.479 e. The van der Waals surface area contributed by atoms with Crippen molar-refractivity contribution in [1.29, 1.82) is 0 Å². The Hall–Kier alpha value is -1.26. The van der Waals surface area contributed by atoms with Crippen LogP contribution in [0.4, 0.5) is 4.79 Å². The fourth-order valence-electron chi connectivity index (χ4n) is 1.49. The van der Waals surface area contributed by atoms with Crippen molar-refractivity contribution in [1.82, 2.24) is 4.90 Å². The number of hydrogen-bond donors (Lipinski definition) is 1. The minimum Gasteiger partial charge on any atom is -0.479 e. The van der Waals surface area contributed by atoms with Gasteiger partial charge in [0.25, 0.3) is 0 Å². The van der Waals surface area contributed by atoms with Gasteiger partial charge in [-0.05, 0) is 12.8 Å². The number of rotatable bonds is 2. The molecule has 2 fully saturated rings. The Morgan fingerprint density at radius 3 is 2.62 bits per heavy atom. The topological polar surface area (TPSA) is 66.8 Å². The first-order chi connectivity index (χ1) is 6.18. The molecule has 0 aromatic heterocycles. The normalized spacial score (nSPS) is 28.5. The monoisotopic (exact) mass is 185 g/mol. The standard InChI is InChI=1S/C8H11NO4/c10-7(11)6-3-4-9(5-1-2-5)8(12)13-6/h5-6H,1-4H2,(H,10,11). The molecule has 1 saturated carbocycles. The maximum absolute atomic E-state index is 11.2. The van der Waals surface area contributed by atoms with E-state index in [2.05, 4.69) is 0 Å². The molecule has 72 valence electrons. The van der Waals surface area contributed by atoms with E-state index >= 15 is 0 Å². The molecule has 13 heavy (non-hydrogen) atoms. The molecule has 2 rings (SSSR count). The Morgan fingerprint density at radius 2 is 2.15 bits per heavy atom. The van der Waals surface area contributed by atoms with E-state index in [0.717, 1.165) is 12.8 Å². The SMILES string of the molecule is O=C(O)C1CCN(C2CC2)C(=O)O1. The molecule has 1 unspecified atom stereocenters. The lowest BCUT2D eigenvalue weighted by Gasteiger charge is -2.29. The third kappa shape index (κ3) is 1.59. The molecule has 1 aliphatic heterocycles. The number of nitrogens with zero attached hydrogens (tertiary/aromatic N) is 1. The van der Waals surface area contributed by atoms with E-state index in [9.17, 15) is 9.59 Å². The van der Waals surface area contributed by atoms with Crippen LogP contribution >= 0.6 is 0 Å². The van der Waals surface area contributed by atoms with Crippen molar-refractivity contribution in [3.8, 4) is 0 Å². The van der Waals surface area contributed by atoms with Crippen molar-refractivity contribution in [3.05, 3.63) is 0 Å². The highest BCUT2D eigenvalue weighted by Crippen LogP contribution is 2.29. The fraction of sp³-hybridized carbons (Fsp3) is 0.750. The van der Waals surface area contributed by atoms with Crippen molar-refractivity contribution < 1.29 is 19.4 Å². The van der Waals surface area contributed by atoms with E-state index in [1.807, 2.05) is 0 Å². The van der Waals surface area contributed by atoms with Gasteiger partial charge in [0.15, 0.2) is 0 Å². The summed E-state index contributed by atoms with van der Waals surface area (Å²) in [6, 6.07) is 0.308. The Kier molecular flexibility index (Phi) is 1.86. The molecule has 1 aliphatic carbocycles. The van der Waals surface area contributed by atoms with Gasteiger partial charge in [0.1, 0.15) is 0 Å². The van der Waals surface area contributed by atoms with Gasteiger partial charge in [-0.15, -0.1) is 0 Å². The molecule has 5 nitrogen and oxygen atoms in total. The fourth-order valence-corrected chi connectivity index (χ4v) is 1.49. The van der Waals surface area contributed by atoms with Crippen molar-refractivity contribution in [2.24, 2.45) is 0 Å². The van der Waals surface area contributed by atoms with Gasteiger partial charge in [-0.3, -0.25) is 0 Å². The van der Waals surface area contributed by atoms with Gasteiger partial charge in [0.05, 0.1) is 0 Å². The molecular formula is C8H11NO4. The molecule has 0 radical (unpaired) electrons. The van der Waals surface area contributed by atoms with Gasteiger partial charge in [-0.1, -0.05) is 0 Å². The molecule has 1 N–H and O–H groups in total. The number of carbonyl (C=O) groups excluding carboxylic acids is 1. The number of carboxylic acid groups (broad SMARTS) is 1. The number of hydrogen-bond acceptors (Lipinski definition) is 3. The van der Waals surface area contributed by atoms with Crippen molar-refractivity contribution in [3.63, 3.8) is 0 Å². The van der Waals surface area contributed by atoms with Crippen LogP contribution in [-0.4, -0.2) is 40.8 Å². The summed E-state index contributed by atoms with van der Waals surface area (Å²) in [6.45, 7) is 0.514. The number of ether oxygens (including phenoxy) is 1. The van der Waals surface area contributed by atoms with Crippen LogP contribution in [0.25, 0.3) is 0 Å². The average Bonchev–Trinajstić information content (AvgIpc) is 2.87. The lowest BCUT2D eigenvalue weighted by atomic mass is 10.2. The van der Waals surface area contributed by atoms with Crippen molar-refractivity contribution >= 4 is 12.1 Å². The molecule has 0 aromatic carbocycles. The quantitative estimate of drug-likeness (QED) is 0.678. The van der Waals surface area contributed by atoms with Gasteiger partial charge in [0.2, 0.25) is 6.10 Å². The zero-order valence-corrected chi connectivity index (χ0v) is 7.10. The molecule has 1 amide bonds. The van der Waals surface area contributed by atoms with Gasteiger partial charge in [0, 0.05) is 19.0 Å². The average molecular weight is 185 g/mol. The van der Waals surface area contributed by atoms with E-state index in [-0.39, 0.29) is 0 Å². The third-order valence-electron chi connectivity index (χ3n) is 2.37. The predicted octanol–water partition coefficient (Wildman–Crippen LogP) is 0.444. The number of aliphatic carboxylic acids is 1. The molecule has 0 spiro atoms. The van der Waals surface area contributed by atoms with Crippen LogP contribution in [0.1, 0.15) is 19.3 Å². The summed E-state index contributed by atoms with van der Waals surface area (Å²) in [5, 5.41) is 8.60. The zero-order chi connectivity index (χ0) is 9.42. The van der Waals surface area contributed by atoms with Crippen LogP contribution in [0.3, 0.4) is 0 Å². The first kappa shape index (κ1) is 8.34. The highest BCUT2D eigenvalue weighted by atomic mass is 16.6. The molecule has 1 atom stereocenters. The van der Waals surface area contributed by atoms with E-state index in [0.29, 0.717) is 19.0 Å². The summed E-state index contributed by atoms with van der Waals surface area (Å²) in [4.78, 5) is 23.4. The molecule has 1 heterocycles.